The molecule has 0 saturated carbocycles. The van der Waals surface area contributed by atoms with Gasteiger partial charge in [0, 0.05) is 11.8 Å². The lowest BCUT2D eigenvalue weighted by molar-refractivity contribution is 0.697. The maximum atomic E-state index is 10.3. The first-order valence-corrected chi connectivity index (χ1v) is 27.7. The van der Waals surface area contributed by atoms with E-state index < -0.39 is 10.8 Å². The van der Waals surface area contributed by atoms with Gasteiger partial charge >= 0.3 is 0 Å². The summed E-state index contributed by atoms with van der Waals surface area (Å²) in [6, 6.07) is 108. The zero-order chi connectivity index (χ0) is 53.1. The molecule has 0 saturated heterocycles. The number of nitriles is 2. The van der Waals surface area contributed by atoms with E-state index in [4.69, 9.17) is 0 Å². The molecule has 80 heavy (non-hydrogen) atoms. The van der Waals surface area contributed by atoms with Crippen LogP contribution in [0.3, 0.4) is 0 Å². The zero-order valence-corrected chi connectivity index (χ0v) is 43.6. The van der Waals surface area contributed by atoms with Crippen LogP contribution < -0.4 is 0 Å². The molecule has 0 atom stereocenters. The molecular weight excluding hydrogens is 965 g/mol. The number of rotatable bonds is 5. The maximum absolute atomic E-state index is 10.3. The van der Waals surface area contributed by atoms with E-state index in [2.05, 4.69) is 261 Å². The van der Waals surface area contributed by atoms with Crippen LogP contribution >= 0.6 is 0 Å². The monoisotopic (exact) mass is 1010 g/mol. The minimum absolute atomic E-state index is 0.0479. The second-order valence-electron chi connectivity index (χ2n) is 21.9. The molecule has 370 valence electrons. The van der Waals surface area contributed by atoms with Crippen LogP contribution in [-0.2, 0) is 10.8 Å². The van der Waals surface area contributed by atoms with E-state index >= 15 is 0 Å². The van der Waals surface area contributed by atoms with Gasteiger partial charge < -0.3 is 0 Å². The Morgan fingerprint density at radius 2 is 0.688 bits per heavy atom. The molecule has 0 heterocycles. The summed E-state index contributed by atoms with van der Waals surface area (Å²) in [5.74, 6) is 0.0138. The van der Waals surface area contributed by atoms with E-state index in [9.17, 15) is 10.5 Å². The molecule has 16 rings (SSSR count). The average molecular weight is 1010 g/mol. The molecule has 0 radical (unpaired) electrons. The van der Waals surface area contributed by atoms with Crippen molar-refractivity contribution in [2.75, 3.05) is 0 Å². The Hall–Kier alpha value is -10.4. The van der Waals surface area contributed by atoms with E-state index in [1.807, 2.05) is 30.3 Å². The summed E-state index contributed by atoms with van der Waals surface area (Å²) in [5, 5.41) is 20.2. The van der Waals surface area contributed by atoms with Gasteiger partial charge in [0.1, 0.15) is 0 Å². The van der Waals surface area contributed by atoms with Crippen LogP contribution in [0.5, 0.6) is 0 Å². The number of nitrogens with zero attached hydrogens (tertiary/aromatic N) is 2. The van der Waals surface area contributed by atoms with Gasteiger partial charge in [0.2, 0.25) is 0 Å². The Bertz CT molecular complexity index is 4530. The van der Waals surface area contributed by atoms with E-state index in [0.717, 1.165) is 27.8 Å². The summed E-state index contributed by atoms with van der Waals surface area (Å²) in [5.41, 5.74) is 29.5. The molecular formula is C78H48N2. The Morgan fingerprint density at radius 3 is 1.26 bits per heavy atom. The lowest BCUT2D eigenvalue weighted by Gasteiger charge is -2.43. The third-order valence-corrected chi connectivity index (χ3v) is 18.3. The number of benzene rings is 12. The van der Waals surface area contributed by atoms with Crippen LogP contribution in [0.2, 0.25) is 0 Å². The van der Waals surface area contributed by atoms with Crippen molar-refractivity contribution < 1.29 is 0 Å². The smallest absolute Gasteiger partial charge is 0.0998 e. The largest absolute Gasteiger partial charge is 0.192 e. The first-order chi connectivity index (χ1) is 39.6. The van der Waals surface area contributed by atoms with Crippen LogP contribution in [-0.4, -0.2) is 0 Å². The number of hydrogen-bond donors (Lipinski definition) is 0. The highest BCUT2D eigenvalue weighted by Gasteiger charge is 2.54. The van der Waals surface area contributed by atoms with Crippen LogP contribution in [0.15, 0.2) is 279 Å². The first-order valence-electron chi connectivity index (χ1n) is 27.7. The molecule has 0 aromatic heterocycles. The first kappa shape index (κ1) is 45.8. The third-order valence-electron chi connectivity index (χ3n) is 18.3. The highest BCUT2D eigenvalue weighted by atomic mass is 14.6. The molecule has 2 heteroatoms. The Morgan fingerprint density at radius 1 is 0.263 bits per heavy atom. The highest BCUT2D eigenvalue weighted by Crippen LogP contribution is 2.65. The Kier molecular flexibility index (Phi) is 10.1. The summed E-state index contributed by atoms with van der Waals surface area (Å²) in [6.45, 7) is 0. The molecule has 12 aromatic rings. The second kappa shape index (κ2) is 17.6. The fourth-order valence-electron chi connectivity index (χ4n) is 15.2. The second-order valence-corrected chi connectivity index (χ2v) is 21.9. The predicted octanol–water partition coefficient (Wildman–Crippen LogP) is 18.1. The maximum Gasteiger partial charge on any atom is 0.0998 e. The lowest BCUT2D eigenvalue weighted by Crippen LogP contribution is -2.36. The Labute approximate surface area is 466 Å². The zero-order valence-electron chi connectivity index (χ0n) is 43.6. The molecule has 2 spiro atoms. The molecule has 0 fully saturated rings. The summed E-state index contributed by atoms with van der Waals surface area (Å²) in [7, 11) is 0. The van der Waals surface area contributed by atoms with Crippen LogP contribution in [0.25, 0.3) is 55.6 Å². The molecule has 0 unspecified atom stereocenters. The molecule has 0 N–H and O–H groups in total. The number of fused-ring (bicyclic) bond motifs is 18. The lowest BCUT2D eigenvalue weighted by atomic mass is 9.58. The fraction of sp³-hybridized carbons (Fsp3) is 0.0513. The van der Waals surface area contributed by atoms with Crippen molar-refractivity contribution in [1.82, 2.24) is 0 Å². The van der Waals surface area contributed by atoms with Crippen molar-refractivity contribution in [2.45, 2.75) is 22.7 Å². The van der Waals surface area contributed by atoms with Gasteiger partial charge in [0.05, 0.1) is 34.1 Å². The van der Waals surface area contributed by atoms with Crippen LogP contribution in [0, 0.1) is 22.7 Å². The molecule has 12 aromatic carbocycles. The summed E-state index contributed by atoms with van der Waals surface area (Å²) >= 11 is 0. The molecule has 4 aliphatic carbocycles. The minimum atomic E-state index is -0.621. The van der Waals surface area contributed by atoms with Gasteiger partial charge in [-0.3, -0.25) is 0 Å². The minimum Gasteiger partial charge on any atom is -0.192 e. The van der Waals surface area contributed by atoms with E-state index in [-0.39, 0.29) is 11.8 Å². The molecule has 0 aliphatic heterocycles. The van der Waals surface area contributed by atoms with E-state index in [1.165, 1.54) is 106 Å². The fourth-order valence-corrected chi connectivity index (χ4v) is 15.2. The van der Waals surface area contributed by atoms with Crippen molar-refractivity contribution in [2.24, 2.45) is 0 Å². The molecule has 4 aliphatic rings. The number of hydrogen-bond acceptors (Lipinski definition) is 2. The highest BCUT2D eigenvalue weighted by molar-refractivity contribution is 5.99. The van der Waals surface area contributed by atoms with Crippen molar-refractivity contribution in [1.29, 1.82) is 10.5 Å². The van der Waals surface area contributed by atoms with Crippen molar-refractivity contribution in [3.8, 4) is 67.8 Å². The average Bonchev–Trinajstić information content (AvgIpc) is 3.65. The quantitative estimate of drug-likeness (QED) is 0.172. The normalized spacial score (nSPS) is 18.1. The van der Waals surface area contributed by atoms with Crippen molar-refractivity contribution >= 4 is 0 Å². The van der Waals surface area contributed by atoms with Gasteiger partial charge in [-0.25, -0.2) is 0 Å². The third kappa shape index (κ3) is 6.22. The van der Waals surface area contributed by atoms with Gasteiger partial charge in [-0.05, 0) is 170 Å². The predicted molar refractivity (Wildman–Crippen MR) is 322 cm³/mol. The van der Waals surface area contributed by atoms with Crippen LogP contribution in [0.1, 0.15) is 101 Å². The van der Waals surface area contributed by atoms with Crippen LogP contribution in [0.4, 0.5) is 0 Å². The SMILES string of the molecule is N#Cc1ccc(-c2cc(-c3ccc(C4c5ccccc5C5(c6ccccc6-c6ccc(-c7ccccc7C#N)cc65)c5ccccc54)cc3)c3c(c2)C2(c4ccccc4-3)c3ccccc3C(c3ccccc3)c3ccccc32)cc1. The van der Waals surface area contributed by atoms with Gasteiger partial charge in [-0.1, -0.05) is 243 Å². The summed E-state index contributed by atoms with van der Waals surface area (Å²) < 4.78 is 0. The molecule has 0 bridgehead atoms. The van der Waals surface area contributed by atoms with Crippen molar-refractivity contribution in [3.05, 3.63) is 368 Å². The van der Waals surface area contributed by atoms with Gasteiger partial charge in [0.25, 0.3) is 0 Å². The van der Waals surface area contributed by atoms with Crippen molar-refractivity contribution in [3.63, 3.8) is 0 Å². The Balaban J connectivity index is 0.904. The summed E-state index contributed by atoms with van der Waals surface area (Å²) in [6.07, 6.45) is 0. The van der Waals surface area contributed by atoms with Gasteiger partial charge in [0.15, 0.2) is 0 Å². The topological polar surface area (TPSA) is 47.6 Å². The van der Waals surface area contributed by atoms with E-state index in [1.54, 1.807) is 0 Å². The van der Waals surface area contributed by atoms with Gasteiger partial charge in [-0.2, -0.15) is 10.5 Å². The molecule has 2 nitrogen and oxygen atoms in total. The summed E-state index contributed by atoms with van der Waals surface area (Å²) in [4.78, 5) is 0. The van der Waals surface area contributed by atoms with E-state index in [0.29, 0.717) is 11.1 Å². The standard InChI is InChI=1S/C78H48N2/c79-47-49-34-36-50(37-35-49)56-44-65(76-64-27-11-17-33-71(64)78(73(76)46-56)69-31-15-9-25-62(69)74(52-18-2-1-3-19-52)63-26-10-16-32-70(63)78)51-38-40-53(41-39-51)75-60-23-7-13-29-67(60)77(68-30-14-8-24-61(68)75)66-28-12-6-22-58(66)59-43-42-54(45-72(59)77)57-21-5-4-20-55(57)48-80/h1-46,74-75H. The molecule has 0 amide bonds. The van der Waals surface area contributed by atoms with Gasteiger partial charge in [-0.15, -0.1) is 0 Å².